The maximum absolute atomic E-state index is 12.4. The smallest absolute Gasteiger partial charge is 0.242 e. The molecule has 1 aromatic carbocycles. The van der Waals surface area contributed by atoms with Crippen molar-refractivity contribution in [3.8, 4) is 0 Å². The number of nitrogens with zero attached hydrogens (tertiary/aromatic N) is 1. The lowest BCUT2D eigenvalue weighted by atomic mass is 10.2. The van der Waals surface area contributed by atoms with E-state index in [0.29, 0.717) is 5.56 Å². The van der Waals surface area contributed by atoms with Gasteiger partial charge in [0, 0.05) is 25.5 Å². The minimum Gasteiger partial charge on any atom is -0.326 e. The van der Waals surface area contributed by atoms with Crippen LogP contribution in [-0.4, -0.2) is 13.4 Å². The van der Waals surface area contributed by atoms with E-state index in [1.54, 1.807) is 24.5 Å². The molecule has 112 valence electrons. The van der Waals surface area contributed by atoms with Crippen molar-refractivity contribution in [3.05, 3.63) is 58.4 Å². The molecule has 2 aromatic rings. The van der Waals surface area contributed by atoms with E-state index in [4.69, 9.17) is 17.3 Å². The molecule has 7 heteroatoms. The first-order valence-electron chi connectivity index (χ1n) is 6.31. The monoisotopic (exact) mass is 325 g/mol. The summed E-state index contributed by atoms with van der Waals surface area (Å²) in [6.45, 7) is 2.31. The number of nitrogens with one attached hydrogen (secondary N) is 1. The molecule has 21 heavy (non-hydrogen) atoms. The summed E-state index contributed by atoms with van der Waals surface area (Å²) in [6, 6.07) is 6.50. The average Bonchev–Trinajstić information content (AvgIpc) is 2.47. The molecule has 0 amide bonds. The van der Waals surface area contributed by atoms with Gasteiger partial charge in [0.1, 0.15) is 4.90 Å². The Morgan fingerprint density at radius 3 is 2.76 bits per heavy atom. The Bertz CT molecular complexity index is 748. The molecule has 2 rings (SSSR count). The van der Waals surface area contributed by atoms with E-state index in [-0.39, 0.29) is 23.0 Å². The zero-order valence-electron chi connectivity index (χ0n) is 11.5. The first-order chi connectivity index (χ1) is 9.94. The van der Waals surface area contributed by atoms with Gasteiger partial charge >= 0.3 is 0 Å². The lowest BCUT2D eigenvalue weighted by Gasteiger charge is -2.11. The Hall–Kier alpha value is -1.47. The summed E-state index contributed by atoms with van der Waals surface area (Å²) in [4.78, 5) is 4.01. The molecule has 0 spiro atoms. The van der Waals surface area contributed by atoms with Crippen molar-refractivity contribution in [3.63, 3.8) is 0 Å². The normalized spacial score (nSPS) is 11.6. The topological polar surface area (TPSA) is 85.1 Å². The highest BCUT2D eigenvalue weighted by Gasteiger charge is 2.18. The molecule has 0 aliphatic rings. The summed E-state index contributed by atoms with van der Waals surface area (Å²) in [5.41, 5.74) is 8.02. The lowest BCUT2D eigenvalue weighted by molar-refractivity contribution is 0.581. The number of hydrogen-bond acceptors (Lipinski definition) is 4. The van der Waals surface area contributed by atoms with Crippen LogP contribution in [-0.2, 0) is 23.1 Å². The molecule has 0 saturated heterocycles. The van der Waals surface area contributed by atoms with E-state index in [1.807, 2.05) is 6.92 Å². The van der Waals surface area contributed by atoms with Gasteiger partial charge in [-0.05, 0) is 41.8 Å². The number of sulfonamides is 1. The maximum atomic E-state index is 12.4. The van der Waals surface area contributed by atoms with E-state index >= 15 is 0 Å². The van der Waals surface area contributed by atoms with Crippen LogP contribution in [0.2, 0.25) is 5.02 Å². The van der Waals surface area contributed by atoms with E-state index in [2.05, 4.69) is 9.71 Å². The first-order valence-corrected chi connectivity index (χ1v) is 8.18. The number of pyridine rings is 1. The Labute approximate surface area is 129 Å². The Morgan fingerprint density at radius 2 is 2.10 bits per heavy atom. The summed E-state index contributed by atoms with van der Waals surface area (Å²) < 4.78 is 27.3. The van der Waals surface area contributed by atoms with Crippen molar-refractivity contribution >= 4 is 21.6 Å². The van der Waals surface area contributed by atoms with E-state index in [9.17, 15) is 8.42 Å². The Kier molecular flexibility index (Phi) is 4.95. The average molecular weight is 326 g/mol. The van der Waals surface area contributed by atoms with Gasteiger partial charge in [0.15, 0.2) is 0 Å². The van der Waals surface area contributed by atoms with Crippen molar-refractivity contribution in [2.45, 2.75) is 24.9 Å². The SMILES string of the molecule is Cc1cnccc1CNS(=O)(=O)c1cc(CN)ccc1Cl. The highest BCUT2D eigenvalue weighted by atomic mass is 35.5. The van der Waals surface area contributed by atoms with Crippen LogP contribution in [0.4, 0.5) is 0 Å². The number of rotatable bonds is 5. The van der Waals surface area contributed by atoms with Gasteiger partial charge < -0.3 is 5.73 Å². The first kappa shape index (κ1) is 15.9. The quantitative estimate of drug-likeness (QED) is 0.880. The summed E-state index contributed by atoms with van der Waals surface area (Å²) in [5, 5.41) is 0.172. The Morgan fingerprint density at radius 1 is 1.33 bits per heavy atom. The Balaban J connectivity index is 2.25. The molecule has 0 unspecified atom stereocenters. The molecule has 5 nitrogen and oxygen atoms in total. The molecule has 0 bridgehead atoms. The molecular weight excluding hydrogens is 310 g/mol. The fraction of sp³-hybridized carbons (Fsp3) is 0.214. The summed E-state index contributed by atoms with van der Waals surface area (Å²) in [5.74, 6) is 0. The minimum absolute atomic E-state index is 0.0406. The lowest BCUT2D eigenvalue weighted by Crippen LogP contribution is -2.24. The van der Waals surface area contributed by atoms with Crippen molar-refractivity contribution in [1.82, 2.24) is 9.71 Å². The van der Waals surface area contributed by atoms with Gasteiger partial charge in [-0.1, -0.05) is 17.7 Å². The standard InChI is InChI=1S/C14H16ClN3O2S/c1-10-8-17-5-4-12(10)9-18-21(19,20)14-6-11(7-16)2-3-13(14)15/h2-6,8,18H,7,9,16H2,1H3. The third-order valence-corrected chi connectivity index (χ3v) is 4.99. The molecular formula is C14H16ClN3O2S. The zero-order valence-corrected chi connectivity index (χ0v) is 13.1. The van der Waals surface area contributed by atoms with Crippen molar-refractivity contribution in [1.29, 1.82) is 0 Å². The number of aromatic nitrogens is 1. The summed E-state index contributed by atoms with van der Waals surface area (Å²) in [6.07, 6.45) is 3.31. The number of halogens is 1. The van der Waals surface area contributed by atoms with Gasteiger partial charge in [-0.25, -0.2) is 13.1 Å². The highest BCUT2D eigenvalue weighted by molar-refractivity contribution is 7.89. The highest BCUT2D eigenvalue weighted by Crippen LogP contribution is 2.22. The van der Waals surface area contributed by atoms with Crippen molar-refractivity contribution < 1.29 is 8.42 Å². The molecule has 0 fully saturated rings. The van der Waals surface area contributed by atoms with E-state index in [1.165, 1.54) is 12.1 Å². The van der Waals surface area contributed by atoms with Gasteiger partial charge in [0.2, 0.25) is 10.0 Å². The molecule has 0 aliphatic heterocycles. The van der Waals surface area contributed by atoms with Gasteiger partial charge in [0.25, 0.3) is 0 Å². The molecule has 1 heterocycles. The largest absolute Gasteiger partial charge is 0.326 e. The molecule has 0 atom stereocenters. The zero-order chi connectivity index (χ0) is 15.5. The third kappa shape index (κ3) is 3.79. The minimum atomic E-state index is -3.70. The second-order valence-corrected chi connectivity index (χ2v) is 6.74. The van der Waals surface area contributed by atoms with Crippen molar-refractivity contribution in [2.24, 2.45) is 5.73 Å². The molecule has 0 radical (unpaired) electrons. The second-order valence-electron chi connectivity index (χ2n) is 4.60. The van der Waals surface area contributed by atoms with Crippen LogP contribution in [0.1, 0.15) is 16.7 Å². The van der Waals surface area contributed by atoms with Crippen LogP contribution in [0.3, 0.4) is 0 Å². The predicted octanol–water partition coefficient (Wildman–Crippen LogP) is 1.98. The number of benzene rings is 1. The fourth-order valence-electron chi connectivity index (χ4n) is 1.83. The number of aryl methyl sites for hydroxylation is 1. The van der Waals surface area contributed by atoms with Gasteiger partial charge in [0.05, 0.1) is 5.02 Å². The van der Waals surface area contributed by atoms with Gasteiger partial charge in [-0.3, -0.25) is 4.98 Å². The van der Waals surface area contributed by atoms with Crippen LogP contribution >= 0.6 is 11.6 Å². The van der Waals surface area contributed by atoms with Crippen LogP contribution < -0.4 is 10.5 Å². The molecule has 3 N–H and O–H groups in total. The number of nitrogens with two attached hydrogens (primary N) is 1. The second kappa shape index (κ2) is 6.53. The third-order valence-electron chi connectivity index (χ3n) is 3.11. The fourth-order valence-corrected chi connectivity index (χ4v) is 3.39. The summed E-state index contributed by atoms with van der Waals surface area (Å²) >= 11 is 5.98. The number of hydrogen-bond donors (Lipinski definition) is 2. The van der Waals surface area contributed by atoms with E-state index in [0.717, 1.165) is 11.1 Å². The molecule has 0 saturated carbocycles. The van der Waals surface area contributed by atoms with Crippen LogP contribution in [0.5, 0.6) is 0 Å². The van der Waals surface area contributed by atoms with Crippen LogP contribution in [0.25, 0.3) is 0 Å². The molecule has 0 aliphatic carbocycles. The maximum Gasteiger partial charge on any atom is 0.242 e. The van der Waals surface area contributed by atoms with Crippen LogP contribution in [0, 0.1) is 6.92 Å². The molecule has 1 aromatic heterocycles. The summed E-state index contributed by atoms with van der Waals surface area (Å²) in [7, 11) is -3.70. The van der Waals surface area contributed by atoms with Gasteiger partial charge in [-0.2, -0.15) is 0 Å². The van der Waals surface area contributed by atoms with Crippen molar-refractivity contribution in [2.75, 3.05) is 0 Å². The van der Waals surface area contributed by atoms with Crippen LogP contribution in [0.15, 0.2) is 41.6 Å². The van der Waals surface area contributed by atoms with Gasteiger partial charge in [-0.15, -0.1) is 0 Å². The predicted molar refractivity (Wildman–Crippen MR) is 82.3 cm³/mol. The van der Waals surface area contributed by atoms with E-state index < -0.39 is 10.0 Å².